The van der Waals surface area contributed by atoms with Crippen LogP contribution in [0.15, 0.2) is 6.20 Å². The van der Waals surface area contributed by atoms with Crippen LogP contribution in [0.3, 0.4) is 0 Å². The first-order chi connectivity index (χ1) is 8.08. The molecule has 5 heteroatoms. The molecule has 1 heterocycles. The summed E-state index contributed by atoms with van der Waals surface area (Å²) in [5.74, 6) is -0.0225. The van der Waals surface area contributed by atoms with E-state index in [0.29, 0.717) is 16.9 Å². The number of hydrogen-bond donors (Lipinski definition) is 1. The highest BCUT2D eigenvalue weighted by Crippen LogP contribution is 2.09. The number of hydrogen-bond acceptors (Lipinski definition) is 2. The monoisotopic (exact) mass is 301 g/mol. The van der Waals surface area contributed by atoms with Gasteiger partial charge >= 0.3 is 0 Å². The van der Waals surface area contributed by atoms with Crippen LogP contribution in [0.2, 0.25) is 0 Å². The largest absolute Gasteiger partial charge is 0.352 e. The van der Waals surface area contributed by atoms with Crippen molar-refractivity contribution in [2.75, 3.05) is 6.54 Å². The SMILES string of the molecule is CCc1nn(C)cc1C(=O)NCCC(Br)CC. The van der Waals surface area contributed by atoms with Gasteiger partial charge in [0.05, 0.1) is 11.3 Å². The van der Waals surface area contributed by atoms with Crippen molar-refractivity contribution in [1.29, 1.82) is 0 Å². The second kappa shape index (κ2) is 6.79. The van der Waals surface area contributed by atoms with Crippen LogP contribution in [0.25, 0.3) is 0 Å². The van der Waals surface area contributed by atoms with Crippen molar-refractivity contribution in [2.24, 2.45) is 7.05 Å². The summed E-state index contributed by atoms with van der Waals surface area (Å²) in [7, 11) is 1.83. The molecule has 1 amide bonds. The number of alkyl halides is 1. The van der Waals surface area contributed by atoms with Gasteiger partial charge in [0.15, 0.2) is 0 Å². The molecule has 1 atom stereocenters. The van der Waals surface area contributed by atoms with Gasteiger partial charge in [0, 0.05) is 24.6 Å². The molecule has 0 spiro atoms. The fourth-order valence-electron chi connectivity index (χ4n) is 1.63. The lowest BCUT2D eigenvalue weighted by Gasteiger charge is -2.07. The van der Waals surface area contributed by atoms with Gasteiger partial charge in [0.25, 0.3) is 5.91 Å². The minimum atomic E-state index is -0.0225. The molecule has 4 nitrogen and oxygen atoms in total. The Bertz CT molecular complexity index is 376. The first-order valence-electron chi connectivity index (χ1n) is 6.03. The first kappa shape index (κ1) is 14.2. The molecular weight excluding hydrogens is 282 g/mol. The van der Waals surface area contributed by atoms with Gasteiger partial charge in [0.1, 0.15) is 0 Å². The fourth-order valence-corrected chi connectivity index (χ4v) is 1.86. The average Bonchev–Trinajstić information content (AvgIpc) is 2.70. The third-order valence-corrected chi connectivity index (χ3v) is 3.78. The van der Waals surface area contributed by atoms with E-state index in [9.17, 15) is 4.79 Å². The number of amides is 1. The second-order valence-electron chi connectivity index (χ2n) is 4.07. The van der Waals surface area contributed by atoms with Crippen molar-refractivity contribution >= 4 is 21.8 Å². The molecule has 1 rings (SSSR count). The summed E-state index contributed by atoms with van der Waals surface area (Å²) in [6.07, 6.45) is 4.58. The van der Waals surface area contributed by atoms with E-state index in [1.165, 1.54) is 0 Å². The van der Waals surface area contributed by atoms with E-state index in [1.807, 2.05) is 14.0 Å². The van der Waals surface area contributed by atoms with E-state index in [-0.39, 0.29) is 5.91 Å². The van der Waals surface area contributed by atoms with Gasteiger partial charge < -0.3 is 5.32 Å². The second-order valence-corrected chi connectivity index (χ2v) is 5.36. The van der Waals surface area contributed by atoms with Gasteiger partial charge in [0.2, 0.25) is 0 Å². The Morgan fingerprint density at radius 2 is 2.29 bits per heavy atom. The Hall–Kier alpha value is -0.840. The van der Waals surface area contributed by atoms with Gasteiger partial charge in [-0.1, -0.05) is 29.8 Å². The normalized spacial score (nSPS) is 12.5. The van der Waals surface area contributed by atoms with Gasteiger partial charge in [-0.05, 0) is 19.3 Å². The summed E-state index contributed by atoms with van der Waals surface area (Å²) in [5.41, 5.74) is 1.55. The number of carbonyl (C=O) groups excluding carboxylic acids is 1. The third kappa shape index (κ3) is 4.15. The van der Waals surface area contributed by atoms with Crippen LogP contribution in [-0.2, 0) is 13.5 Å². The molecule has 0 aliphatic rings. The Balaban J connectivity index is 2.52. The molecule has 1 aromatic rings. The predicted octanol–water partition coefficient (Wildman–Crippen LogP) is 2.28. The zero-order valence-corrected chi connectivity index (χ0v) is 12.2. The van der Waals surface area contributed by atoms with Gasteiger partial charge in [-0.15, -0.1) is 0 Å². The molecule has 17 heavy (non-hydrogen) atoms. The fraction of sp³-hybridized carbons (Fsp3) is 0.667. The maximum Gasteiger partial charge on any atom is 0.254 e. The van der Waals surface area contributed by atoms with Crippen LogP contribution < -0.4 is 5.32 Å². The van der Waals surface area contributed by atoms with Crippen molar-refractivity contribution in [3.8, 4) is 0 Å². The molecule has 0 aliphatic heterocycles. The lowest BCUT2D eigenvalue weighted by Crippen LogP contribution is -2.26. The highest BCUT2D eigenvalue weighted by molar-refractivity contribution is 9.09. The molecule has 0 radical (unpaired) electrons. The summed E-state index contributed by atoms with van der Waals surface area (Å²) in [6.45, 7) is 4.82. The highest BCUT2D eigenvalue weighted by Gasteiger charge is 2.13. The zero-order valence-electron chi connectivity index (χ0n) is 10.7. The standard InChI is InChI=1S/C12H20BrN3O/c1-4-9(13)6-7-14-12(17)10-8-16(3)15-11(10)5-2/h8-9H,4-7H2,1-3H3,(H,14,17). The molecule has 0 saturated carbocycles. The van der Waals surface area contributed by atoms with Crippen molar-refractivity contribution in [3.05, 3.63) is 17.5 Å². The zero-order chi connectivity index (χ0) is 12.8. The van der Waals surface area contributed by atoms with Gasteiger partial charge in [-0.25, -0.2) is 0 Å². The minimum absolute atomic E-state index is 0.0225. The van der Waals surface area contributed by atoms with E-state index in [2.05, 4.69) is 33.3 Å². The topological polar surface area (TPSA) is 46.9 Å². The van der Waals surface area contributed by atoms with Crippen molar-refractivity contribution in [1.82, 2.24) is 15.1 Å². The Labute approximate surface area is 111 Å². The van der Waals surface area contributed by atoms with Gasteiger partial charge in [-0.2, -0.15) is 5.10 Å². The average molecular weight is 302 g/mol. The number of carbonyl (C=O) groups is 1. The first-order valence-corrected chi connectivity index (χ1v) is 6.94. The van der Waals surface area contributed by atoms with Crippen LogP contribution in [-0.4, -0.2) is 27.1 Å². The molecule has 0 aromatic carbocycles. The van der Waals surface area contributed by atoms with Crippen LogP contribution >= 0.6 is 15.9 Å². The van der Waals surface area contributed by atoms with Crippen molar-refractivity contribution < 1.29 is 4.79 Å². The maximum atomic E-state index is 11.9. The van der Waals surface area contributed by atoms with E-state index < -0.39 is 0 Å². The molecule has 0 saturated heterocycles. The summed E-state index contributed by atoms with van der Waals surface area (Å²) >= 11 is 3.55. The summed E-state index contributed by atoms with van der Waals surface area (Å²) in [6, 6.07) is 0. The van der Waals surface area contributed by atoms with E-state index >= 15 is 0 Å². The smallest absolute Gasteiger partial charge is 0.254 e. The summed E-state index contributed by atoms with van der Waals surface area (Å²) in [5, 5.41) is 7.19. The Kier molecular flexibility index (Phi) is 5.68. The maximum absolute atomic E-state index is 11.9. The summed E-state index contributed by atoms with van der Waals surface area (Å²) in [4.78, 5) is 12.4. The molecule has 1 N–H and O–H groups in total. The third-order valence-electron chi connectivity index (χ3n) is 2.67. The Morgan fingerprint density at radius 3 is 2.88 bits per heavy atom. The number of aryl methyl sites for hydroxylation is 2. The number of rotatable bonds is 6. The van der Waals surface area contributed by atoms with E-state index in [4.69, 9.17) is 0 Å². The minimum Gasteiger partial charge on any atom is -0.352 e. The molecule has 1 aromatic heterocycles. The lowest BCUT2D eigenvalue weighted by atomic mass is 10.2. The molecule has 96 valence electrons. The predicted molar refractivity (Wildman–Crippen MR) is 72.5 cm³/mol. The Morgan fingerprint density at radius 1 is 1.59 bits per heavy atom. The molecule has 1 unspecified atom stereocenters. The molecule has 0 bridgehead atoms. The highest BCUT2D eigenvalue weighted by atomic mass is 79.9. The van der Waals surface area contributed by atoms with Crippen LogP contribution in [0, 0.1) is 0 Å². The van der Waals surface area contributed by atoms with Crippen molar-refractivity contribution in [2.45, 2.75) is 37.9 Å². The number of aromatic nitrogens is 2. The summed E-state index contributed by atoms with van der Waals surface area (Å²) < 4.78 is 1.69. The van der Waals surface area contributed by atoms with Crippen LogP contribution in [0.1, 0.15) is 42.7 Å². The van der Waals surface area contributed by atoms with E-state index in [0.717, 1.165) is 25.0 Å². The molecular formula is C12H20BrN3O. The van der Waals surface area contributed by atoms with Gasteiger partial charge in [-0.3, -0.25) is 9.48 Å². The molecule has 0 fully saturated rings. The number of nitrogens with zero attached hydrogens (tertiary/aromatic N) is 2. The van der Waals surface area contributed by atoms with Crippen molar-refractivity contribution in [3.63, 3.8) is 0 Å². The molecule has 0 aliphatic carbocycles. The quantitative estimate of drug-likeness (QED) is 0.820. The number of halogens is 1. The number of nitrogens with one attached hydrogen (secondary N) is 1. The van der Waals surface area contributed by atoms with Crippen LogP contribution in [0.4, 0.5) is 0 Å². The lowest BCUT2D eigenvalue weighted by molar-refractivity contribution is 0.0952. The van der Waals surface area contributed by atoms with Crippen LogP contribution in [0.5, 0.6) is 0 Å². The van der Waals surface area contributed by atoms with E-state index in [1.54, 1.807) is 10.9 Å².